The molecule has 0 saturated heterocycles. The minimum absolute atomic E-state index is 0.153. The van der Waals surface area contributed by atoms with Crippen LogP contribution in [0.3, 0.4) is 0 Å². The second-order valence-electron chi connectivity index (χ2n) is 4.93. The molecule has 0 heterocycles. The molecule has 0 amide bonds. The Morgan fingerprint density at radius 3 is 2.76 bits per heavy atom. The summed E-state index contributed by atoms with van der Waals surface area (Å²) in [5, 5.41) is 3.44. The lowest BCUT2D eigenvalue weighted by Crippen LogP contribution is -2.48. The third-order valence-corrected chi connectivity index (χ3v) is 3.79. The average molecular weight is 239 g/mol. The van der Waals surface area contributed by atoms with Crippen LogP contribution in [0.5, 0.6) is 0 Å². The molecule has 0 aromatic heterocycles. The highest BCUT2D eigenvalue weighted by Crippen LogP contribution is 2.43. The summed E-state index contributed by atoms with van der Waals surface area (Å²) in [4.78, 5) is 0. The predicted octanol–water partition coefficient (Wildman–Crippen LogP) is 3.46. The van der Waals surface area contributed by atoms with E-state index in [0.29, 0.717) is 17.5 Å². The van der Waals surface area contributed by atoms with E-state index in [-0.39, 0.29) is 17.6 Å². The van der Waals surface area contributed by atoms with Crippen molar-refractivity contribution < 1.29 is 8.78 Å². The van der Waals surface area contributed by atoms with Crippen molar-refractivity contribution in [3.05, 3.63) is 35.4 Å². The zero-order chi connectivity index (χ0) is 12.4. The number of rotatable bonds is 4. The smallest absolute Gasteiger partial charge is 0.126 e. The Morgan fingerprint density at radius 2 is 2.12 bits per heavy atom. The number of hydrogen-bond acceptors (Lipinski definition) is 1. The van der Waals surface area contributed by atoms with Gasteiger partial charge in [0.1, 0.15) is 11.6 Å². The Balaban J connectivity index is 2.03. The van der Waals surface area contributed by atoms with Gasteiger partial charge in [-0.05, 0) is 55.0 Å². The lowest BCUT2D eigenvalue weighted by Gasteiger charge is -2.43. The van der Waals surface area contributed by atoms with E-state index >= 15 is 0 Å². The molecule has 1 aromatic rings. The van der Waals surface area contributed by atoms with Crippen LogP contribution in [0.25, 0.3) is 0 Å². The van der Waals surface area contributed by atoms with Gasteiger partial charge in [0.05, 0.1) is 0 Å². The molecule has 1 saturated carbocycles. The molecular weight excluding hydrogens is 220 g/mol. The molecule has 1 aliphatic carbocycles. The summed E-state index contributed by atoms with van der Waals surface area (Å²) in [6, 6.07) is 4.19. The predicted molar refractivity (Wildman–Crippen MR) is 65.0 cm³/mol. The normalized spacial score (nSPS) is 27.9. The highest BCUT2D eigenvalue weighted by molar-refractivity contribution is 5.27. The fourth-order valence-corrected chi connectivity index (χ4v) is 2.60. The fourth-order valence-electron chi connectivity index (χ4n) is 2.60. The summed E-state index contributed by atoms with van der Waals surface area (Å²) in [7, 11) is 0. The first-order valence-electron chi connectivity index (χ1n) is 6.31. The Bertz CT molecular complexity index is 392. The van der Waals surface area contributed by atoms with Crippen LogP contribution in [0.2, 0.25) is 0 Å². The van der Waals surface area contributed by atoms with Crippen LogP contribution in [0.15, 0.2) is 18.2 Å². The number of halogens is 2. The molecule has 94 valence electrons. The zero-order valence-electron chi connectivity index (χ0n) is 10.3. The van der Waals surface area contributed by atoms with Crippen molar-refractivity contribution in [1.29, 1.82) is 0 Å². The van der Waals surface area contributed by atoms with Gasteiger partial charge in [-0.3, -0.25) is 0 Å². The Morgan fingerprint density at radius 1 is 1.35 bits per heavy atom. The molecule has 1 aromatic carbocycles. The average Bonchev–Trinajstić information content (AvgIpc) is 2.31. The highest BCUT2D eigenvalue weighted by atomic mass is 19.1. The summed E-state index contributed by atoms with van der Waals surface area (Å²) in [6.07, 6.45) is 2.00. The van der Waals surface area contributed by atoms with Gasteiger partial charge in [0, 0.05) is 6.04 Å². The largest absolute Gasteiger partial charge is 0.314 e. The van der Waals surface area contributed by atoms with Crippen LogP contribution < -0.4 is 5.32 Å². The van der Waals surface area contributed by atoms with E-state index in [1.165, 1.54) is 18.2 Å². The molecule has 2 rings (SSSR count). The van der Waals surface area contributed by atoms with Gasteiger partial charge in [-0.15, -0.1) is 0 Å². The molecule has 3 unspecified atom stereocenters. The Labute approximate surface area is 101 Å². The third kappa shape index (κ3) is 2.49. The first kappa shape index (κ1) is 12.5. The lowest BCUT2D eigenvalue weighted by atomic mass is 9.67. The molecule has 0 aliphatic heterocycles. The first-order valence-corrected chi connectivity index (χ1v) is 6.31. The maximum absolute atomic E-state index is 13.6. The standard InChI is InChI=1S/C14H19F2N/c1-3-6-17-14-8-11(9(14)2)12-7-10(15)4-5-13(12)16/h4-5,7,9,11,14,17H,3,6,8H2,1-2H3. The maximum Gasteiger partial charge on any atom is 0.126 e. The summed E-state index contributed by atoms with van der Waals surface area (Å²) in [5.74, 6) is -0.103. The van der Waals surface area contributed by atoms with Gasteiger partial charge < -0.3 is 5.32 Å². The molecule has 0 bridgehead atoms. The second kappa shape index (κ2) is 5.13. The van der Waals surface area contributed by atoms with E-state index in [9.17, 15) is 8.78 Å². The Hall–Kier alpha value is -0.960. The van der Waals surface area contributed by atoms with E-state index < -0.39 is 0 Å². The molecular formula is C14H19F2N. The van der Waals surface area contributed by atoms with Crippen LogP contribution in [0, 0.1) is 17.6 Å². The van der Waals surface area contributed by atoms with Gasteiger partial charge in [-0.1, -0.05) is 13.8 Å². The lowest BCUT2D eigenvalue weighted by molar-refractivity contribution is 0.181. The van der Waals surface area contributed by atoms with Crippen LogP contribution in [0.4, 0.5) is 8.78 Å². The van der Waals surface area contributed by atoms with Crippen molar-refractivity contribution in [3.63, 3.8) is 0 Å². The van der Waals surface area contributed by atoms with E-state index in [4.69, 9.17) is 0 Å². The molecule has 0 spiro atoms. The van der Waals surface area contributed by atoms with Gasteiger partial charge in [0.25, 0.3) is 0 Å². The summed E-state index contributed by atoms with van der Waals surface area (Å²) >= 11 is 0. The number of nitrogens with one attached hydrogen (secondary N) is 1. The van der Waals surface area contributed by atoms with Crippen molar-refractivity contribution >= 4 is 0 Å². The molecule has 17 heavy (non-hydrogen) atoms. The van der Waals surface area contributed by atoms with Gasteiger partial charge in [-0.2, -0.15) is 0 Å². The van der Waals surface area contributed by atoms with Crippen LogP contribution >= 0.6 is 0 Å². The topological polar surface area (TPSA) is 12.0 Å². The molecule has 1 nitrogen and oxygen atoms in total. The molecule has 1 aliphatic rings. The fraction of sp³-hybridized carbons (Fsp3) is 0.571. The van der Waals surface area contributed by atoms with Gasteiger partial charge in [0.2, 0.25) is 0 Å². The van der Waals surface area contributed by atoms with Crippen LogP contribution in [-0.4, -0.2) is 12.6 Å². The zero-order valence-corrected chi connectivity index (χ0v) is 10.3. The molecule has 3 heteroatoms. The van der Waals surface area contributed by atoms with E-state index in [1.54, 1.807) is 0 Å². The summed E-state index contributed by atoms with van der Waals surface area (Å²) in [5.41, 5.74) is 0.534. The third-order valence-electron chi connectivity index (χ3n) is 3.79. The summed E-state index contributed by atoms with van der Waals surface area (Å²) < 4.78 is 26.7. The maximum atomic E-state index is 13.6. The monoisotopic (exact) mass is 239 g/mol. The van der Waals surface area contributed by atoms with Crippen molar-refractivity contribution in [3.8, 4) is 0 Å². The highest BCUT2D eigenvalue weighted by Gasteiger charge is 2.39. The van der Waals surface area contributed by atoms with E-state index in [1.807, 2.05) is 0 Å². The minimum atomic E-state index is -0.349. The van der Waals surface area contributed by atoms with E-state index in [0.717, 1.165) is 19.4 Å². The van der Waals surface area contributed by atoms with Crippen molar-refractivity contribution in [2.45, 2.75) is 38.6 Å². The van der Waals surface area contributed by atoms with Gasteiger partial charge in [0.15, 0.2) is 0 Å². The summed E-state index contributed by atoms with van der Waals surface area (Å²) in [6.45, 7) is 5.22. The number of benzene rings is 1. The van der Waals surface area contributed by atoms with E-state index in [2.05, 4.69) is 19.2 Å². The molecule has 3 atom stereocenters. The second-order valence-corrected chi connectivity index (χ2v) is 4.93. The SMILES string of the molecule is CCCNC1CC(c2cc(F)ccc2F)C1C. The minimum Gasteiger partial charge on any atom is -0.314 e. The first-order chi connectivity index (χ1) is 8.13. The van der Waals surface area contributed by atoms with Crippen LogP contribution in [0.1, 0.15) is 38.2 Å². The molecule has 0 radical (unpaired) electrons. The van der Waals surface area contributed by atoms with Crippen LogP contribution in [-0.2, 0) is 0 Å². The van der Waals surface area contributed by atoms with Crippen molar-refractivity contribution in [1.82, 2.24) is 5.32 Å². The quantitative estimate of drug-likeness (QED) is 0.848. The number of hydrogen-bond donors (Lipinski definition) is 1. The van der Waals surface area contributed by atoms with Gasteiger partial charge >= 0.3 is 0 Å². The van der Waals surface area contributed by atoms with Gasteiger partial charge in [-0.25, -0.2) is 8.78 Å². The molecule has 1 N–H and O–H groups in total. The van der Waals surface area contributed by atoms with Crippen molar-refractivity contribution in [2.75, 3.05) is 6.54 Å². The molecule has 1 fully saturated rings. The Kier molecular flexibility index (Phi) is 3.77. The van der Waals surface area contributed by atoms with Crippen molar-refractivity contribution in [2.24, 2.45) is 5.92 Å².